The summed E-state index contributed by atoms with van der Waals surface area (Å²) in [6, 6.07) is 0. The molecule has 0 fully saturated rings. The lowest BCUT2D eigenvalue weighted by Gasteiger charge is -2.26. The quantitative estimate of drug-likeness (QED) is 0.753. The van der Waals surface area contributed by atoms with Crippen molar-refractivity contribution in [2.24, 2.45) is 11.3 Å². The lowest BCUT2D eigenvalue weighted by atomic mass is 9.87. The molecule has 0 amide bonds. The van der Waals surface area contributed by atoms with Crippen LogP contribution in [0.5, 0.6) is 0 Å². The van der Waals surface area contributed by atoms with Crippen LogP contribution < -0.4 is 5.32 Å². The topological polar surface area (TPSA) is 24.9 Å². The zero-order valence-electron chi connectivity index (χ0n) is 13.9. The van der Waals surface area contributed by atoms with Crippen molar-refractivity contribution in [1.29, 1.82) is 0 Å². The minimum Gasteiger partial charge on any atom is -0.316 e. The molecule has 1 N–H and O–H groups in total. The summed E-state index contributed by atoms with van der Waals surface area (Å²) in [7, 11) is 0. The van der Waals surface area contributed by atoms with E-state index in [1.165, 1.54) is 10.7 Å². The van der Waals surface area contributed by atoms with Gasteiger partial charge >= 0.3 is 0 Å². The Balaban J connectivity index is 2.67. The van der Waals surface area contributed by atoms with E-state index in [0.29, 0.717) is 5.92 Å². The number of thiazole rings is 1. The second kappa shape index (κ2) is 6.86. The maximum Gasteiger partial charge on any atom is 0.0937 e. The molecule has 1 atom stereocenters. The van der Waals surface area contributed by atoms with Crippen LogP contribution in [0.1, 0.15) is 52.2 Å². The third kappa shape index (κ3) is 5.37. The van der Waals surface area contributed by atoms with Crippen LogP contribution in [-0.2, 0) is 11.8 Å². The minimum atomic E-state index is 0.0713. The number of hydrogen-bond acceptors (Lipinski definition) is 3. The van der Waals surface area contributed by atoms with Gasteiger partial charge < -0.3 is 5.32 Å². The van der Waals surface area contributed by atoms with Gasteiger partial charge in [0, 0.05) is 29.2 Å². The number of nitrogens with one attached hydrogen (secondary N) is 1. The number of rotatable bonds is 7. The SMILES string of the molecule is C=CC(C)(CNCC(C)C)Cc1nc(C(C)(C)C)cs1. The second-order valence-corrected chi connectivity index (χ2v) is 8.38. The smallest absolute Gasteiger partial charge is 0.0937 e. The van der Waals surface area contributed by atoms with Gasteiger partial charge in [-0.05, 0) is 12.5 Å². The van der Waals surface area contributed by atoms with E-state index in [1.807, 2.05) is 0 Å². The van der Waals surface area contributed by atoms with Gasteiger partial charge in [-0.15, -0.1) is 17.9 Å². The van der Waals surface area contributed by atoms with Gasteiger partial charge in [0.1, 0.15) is 0 Å². The molecule has 20 heavy (non-hydrogen) atoms. The molecule has 0 saturated heterocycles. The van der Waals surface area contributed by atoms with Crippen molar-refractivity contribution in [2.75, 3.05) is 13.1 Å². The van der Waals surface area contributed by atoms with Crippen LogP contribution in [0, 0.1) is 11.3 Å². The molecule has 0 spiro atoms. The summed E-state index contributed by atoms with van der Waals surface area (Å²) < 4.78 is 0. The second-order valence-electron chi connectivity index (χ2n) is 7.44. The van der Waals surface area contributed by atoms with E-state index in [0.717, 1.165) is 19.5 Å². The first kappa shape index (κ1) is 17.4. The number of aromatic nitrogens is 1. The molecule has 2 nitrogen and oxygen atoms in total. The maximum atomic E-state index is 4.80. The van der Waals surface area contributed by atoms with Gasteiger partial charge in [-0.1, -0.05) is 47.6 Å². The predicted octanol–water partition coefficient (Wildman–Crippen LogP) is 4.42. The van der Waals surface area contributed by atoms with Crippen molar-refractivity contribution in [1.82, 2.24) is 10.3 Å². The van der Waals surface area contributed by atoms with Crippen LogP contribution in [-0.4, -0.2) is 18.1 Å². The van der Waals surface area contributed by atoms with Crippen LogP contribution in [0.25, 0.3) is 0 Å². The van der Waals surface area contributed by atoms with E-state index in [2.05, 4.69) is 64.9 Å². The molecule has 0 aliphatic heterocycles. The highest BCUT2D eigenvalue weighted by Crippen LogP contribution is 2.29. The van der Waals surface area contributed by atoms with Crippen molar-refractivity contribution in [3.63, 3.8) is 0 Å². The van der Waals surface area contributed by atoms with Crippen LogP contribution in [0.15, 0.2) is 18.0 Å². The molecular weight excluding hydrogens is 264 g/mol. The highest BCUT2D eigenvalue weighted by atomic mass is 32.1. The molecule has 1 rings (SSSR count). The Labute approximate surface area is 128 Å². The Morgan fingerprint density at radius 2 is 2.00 bits per heavy atom. The molecule has 0 aliphatic rings. The monoisotopic (exact) mass is 294 g/mol. The Bertz CT molecular complexity index is 428. The molecule has 0 bridgehead atoms. The fraction of sp³-hybridized carbons (Fsp3) is 0.706. The molecule has 0 saturated carbocycles. The number of hydrogen-bond donors (Lipinski definition) is 1. The van der Waals surface area contributed by atoms with Crippen molar-refractivity contribution in [2.45, 2.75) is 53.4 Å². The summed E-state index contributed by atoms with van der Waals surface area (Å²) in [5, 5.41) is 6.95. The van der Waals surface area contributed by atoms with Gasteiger partial charge in [-0.25, -0.2) is 4.98 Å². The van der Waals surface area contributed by atoms with Crippen molar-refractivity contribution in [3.8, 4) is 0 Å². The van der Waals surface area contributed by atoms with E-state index in [4.69, 9.17) is 4.98 Å². The summed E-state index contributed by atoms with van der Waals surface area (Å²) in [5.74, 6) is 0.677. The lowest BCUT2D eigenvalue weighted by Crippen LogP contribution is -2.34. The molecule has 0 aromatic carbocycles. The lowest BCUT2D eigenvalue weighted by molar-refractivity contribution is 0.376. The van der Waals surface area contributed by atoms with Crippen molar-refractivity contribution >= 4 is 11.3 Å². The largest absolute Gasteiger partial charge is 0.316 e. The van der Waals surface area contributed by atoms with Gasteiger partial charge in [0.05, 0.1) is 10.7 Å². The fourth-order valence-corrected chi connectivity index (χ4v) is 3.15. The van der Waals surface area contributed by atoms with Crippen LogP contribution in [0.2, 0.25) is 0 Å². The van der Waals surface area contributed by atoms with Crippen LogP contribution in [0.4, 0.5) is 0 Å². The standard InChI is InChI=1S/C17H30N2S/c1-8-17(7,12-18-10-13(2)3)9-15-19-14(11-20-15)16(4,5)6/h8,11,13,18H,1,9-10,12H2,2-7H3. The average Bonchev–Trinajstić information content (AvgIpc) is 2.76. The molecule has 1 unspecified atom stereocenters. The molecule has 0 radical (unpaired) electrons. The molecule has 114 valence electrons. The first-order valence-electron chi connectivity index (χ1n) is 7.45. The van der Waals surface area contributed by atoms with Gasteiger partial charge in [0.25, 0.3) is 0 Å². The van der Waals surface area contributed by atoms with E-state index < -0.39 is 0 Å². The third-order valence-corrected chi connectivity index (χ3v) is 4.30. The van der Waals surface area contributed by atoms with Gasteiger partial charge in [0.2, 0.25) is 0 Å². The number of nitrogens with zero attached hydrogens (tertiary/aromatic N) is 1. The van der Waals surface area contributed by atoms with E-state index in [9.17, 15) is 0 Å². The van der Waals surface area contributed by atoms with Crippen LogP contribution >= 0.6 is 11.3 Å². The summed E-state index contributed by atoms with van der Waals surface area (Å²) in [5.41, 5.74) is 1.40. The average molecular weight is 295 g/mol. The first-order valence-corrected chi connectivity index (χ1v) is 8.33. The van der Waals surface area contributed by atoms with Crippen LogP contribution in [0.3, 0.4) is 0 Å². The molecule has 0 aliphatic carbocycles. The molecule has 3 heteroatoms. The summed E-state index contributed by atoms with van der Waals surface area (Å²) in [6.45, 7) is 19.4. The Kier molecular flexibility index (Phi) is 5.96. The Hall–Kier alpha value is -0.670. The van der Waals surface area contributed by atoms with Gasteiger partial charge in [-0.2, -0.15) is 0 Å². The van der Waals surface area contributed by atoms with Crippen molar-refractivity contribution in [3.05, 3.63) is 28.7 Å². The Morgan fingerprint density at radius 1 is 1.35 bits per heavy atom. The normalized spacial score (nSPS) is 15.3. The van der Waals surface area contributed by atoms with Gasteiger partial charge in [0.15, 0.2) is 0 Å². The highest BCUT2D eigenvalue weighted by Gasteiger charge is 2.24. The van der Waals surface area contributed by atoms with Crippen molar-refractivity contribution < 1.29 is 0 Å². The van der Waals surface area contributed by atoms with E-state index in [1.54, 1.807) is 11.3 Å². The summed E-state index contributed by atoms with van der Waals surface area (Å²) in [4.78, 5) is 4.80. The maximum absolute atomic E-state index is 4.80. The predicted molar refractivity (Wildman–Crippen MR) is 90.5 cm³/mol. The molecule has 1 aromatic heterocycles. The fourth-order valence-electron chi connectivity index (χ4n) is 1.94. The summed E-state index contributed by atoms with van der Waals surface area (Å²) >= 11 is 1.77. The zero-order chi connectivity index (χ0) is 15.4. The third-order valence-electron chi connectivity index (χ3n) is 3.45. The Morgan fingerprint density at radius 3 is 2.45 bits per heavy atom. The molecule has 1 heterocycles. The van der Waals surface area contributed by atoms with E-state index in [-0.39, 0.29) is 10.8 Å². The molecular formula is C17H30N2S. The summed E-state index contributed by atoms with van der Waals surface area (Å²) in [6.07, 6.45) is 3.03. The zero-order valence-corrected chi connectivity index (χ0v) is 14.7. The highest BCUT2D eigenvalue weighted by molar-refractivity contribution is 7.09. The van der Waals surface area contributed by atoms with Gasteiger partial charge in [-0.3, -0.25) is 0 Å². The molecule has 1 aromatic rings. The first-order chi connectivity index (χ1) is 9.16. The minimum absolute atomic E-state index is 0.0713. The van der Waals surface area contributed by atoms with E-state index >= 15 is 0 Å².